The lowest BCUT2D eigenvalue weighted by atomic mass is 9.98. The summed E-state index contributed by atoms with van der Waals surface area (Å²) in [6.45, 7) is 4.03. The number of carbonyl (C=O) groups is 1. The lowest BCUT2D eigenvalue weighted by Crippen LogP contribution is -2.12. The molecule has 0 fully saturated rings. The molecule has 0 radical (unpaired) electrons. The Morgan fingerprint density at radius 3 is 2.70 bits per heavy atom. The van der Waals surface area contributed by atoms with Crippen LogP contribution >= 0.6 is 11.6 Å². The van der Waals surface area contributed by atoms with Crippen LogP contribution in [0.3, 0.4) is 0 Å². The largest absolute Gasteiger partial charge is 0.495 e. The van der Waals surface area contributed by atoms with Gasteiger partial charge in [-0.25, -0.2) is 0 Å². The summed E-state index contributed by atoms with van der Waals surface area (Å²) in [6.07, 6.45) is 0. The molecule has 1 atom stereocenters. The van der Waals surface area contributed by atoms with Gasteiger partial charge >= 0.3 is 5.97 Å². The molecule has 0 aromatic heterocycles. The van der Waals surface area contributed by atoms with Crippen molar-refractivity contribution >= 4 is 28.3 Å². The molecular formula is C16H17ClO3. The molecule has 3 nitrogen and oxygen atoms in total. The molecular weight excluding hydrogens is 276 g/mol. The number of halogens is 1. The van der Waals surface area contributed by atoms with Crippen LogP contribution in [-0.4, -0.2) is 19.7 Å². The Labute approximate surface area is 123 Å². The summed E-state index contributed by atoms with van der Waals surface area (Å²) in [4.78, 5) is 11.8. The maximum Gasteiger partial charge on any atom is 0.313 e. The molecule has 0 heterocycles. The van der Waals surface area contributed by atoms with Crippen LogP contribution in [0.25, 0.3) is 10.8 Å². The van der Waals surface area contributed by atoms with Crippen molar-refractivity contribution in [3.63, 3.8) is 0 Å². The zero-order chi connectivity index (χ0) is 14.7. The third-order valence-corrected chi connectivity index (χ3v) is 3.69. The van der Waals surface area contributed by atoms with Crippen LogP contribution in [-0.2, 0) is 9.53 Å². The lowest BCUT2D eigenvalue weighted by Gasteiger charge is -2.13. The summed E-state index contributed by atoms with van der Waals surface area (Å²) in [5.41, 5.74) is 0.914. The average molecular weight is 293 g/mol. The molecule has 0 N–H and O–H groups in total. The van der Waals surface area contributed by atoms with Gasteiger partial charge in [-0.15, -0.1) is 0 Å². The Hall–Kier alpha value is -1.74. The van der Waals surface area contributed by atoms with Gasteiger partial charge in [0.2, 0.25) is 0 Å². The number of benzene rings is 2. The van der Waals surface area contributed by atoms with Crippen LogP contribution in [0.15, 0.2) is 30.3 Å². The maximum absolute atomic E-state index is 11.8. The quantitative estimate of drug-likeness (QED) is 0.794. The van der Waals surface area contributed by atoms with Crippen LogP contribution < -0.4 is 4.74 Å². The van der Waals surface area contributed by atoms with E-state index in [9.17, 15) is 4.79 Å². The van der Waals surface area contributed by atoms with E-state index in [2.05, 4.69) is 0 Å². The Bertz CT molecular complexity index is 637. The fourth-order valence-corrected chi connectivity index (χ4v) is 2.43. The van der Waals surface area contributed by atoms with E-state index < -0.39 is 0 Å². The van der Waals surface area contributed by atoms with Crippen molar-refractivity contribution in [2.75, 3.05) is 13.7 Å². The van der Waals surface area contributed by atoms with Crippen molar-refractivity contribution in [3.8, 4) is 5.75 Å². The lowest BCUT2D eigenvalue weighted by molar-refractivity contribution is -0.144. The number of hydrogen-bond acceptors (Lipinski definition) is 3. The molecule has 20 heavy (non-hydrogen) atoms. The number of carbonyl (C=O) groups excluding carboxylic acids is 1. The van der Waals surface area contributed by atoms with E-state index in [1.54, 1.807) is 14.0 Å². The Morgan fingerprint density at radius 2 is 2.05 bits per heavy atom. The smallest absolute Gasteiger partial charge is 0.313 e. The van der Waals surface area contributed by atoms with Gasteiger partial charge in [-0.3, -0.25) is 4.79 Å². The molecule has 4 heteroatoms. The van der Waals surface area contributed by atoms with Gasteiger partial charge in [0.15, 0.2) is 0 Å². The van der Waals surface area contributed by atoms with Gasteiger partial charge in [0.25, 0.3) is 0 Å². The number of hydrogen-bond donors (Lipinski definition) is 0. The number of fused-ring (bicyclic) bond motifs is 1. The number of ether oxygens (including phenoxy) is 2. The van der Waals surface area contributed by atoms with Crippen LogP contribution in [0, 0.1) is 0 Å². The van der Waals surface area contributed by atoms with Crippen molar-refractivity contribution in [2.45, 2.75) is 19.8 Å². The molecule has 2 aromatic carbocycles. The van der Waals surface area contributed by atoms with Crippen molar-refractivity contribution in [3.05, 3.63) is 40.9 Å². The molecule has 0 aliphatic heterocycles. The summed E-state index contributed by atoms with van der Waals surface area (Å²) < 4.78 is 10.2. The van der Waals surface area contributed by atoms with Crippen molar-refractivity contribution in [2.24, 2.45) is 0 Å². The highest BCUT2D eigenvalue weighted by atomic mass is 35.5. The molecule has 0 aliphatic rings. The van der Waals surface area contributed by atoms with Crippen LogP contribution in [0.5, 0.6) is 5.75 Å². The minimum Gasteiger partial charge on any atom is -0.495 e. The second kappa shape index (κ2) is 6.14. The molecule has 0 bridgehead atoms. The highest BCUT2D eigenvalue weighted by Crippen LogP contribution is 2.34. The topological polar surface area (TPSA) is 35.5 Å². The Kier molecular flexibility index (Phi) is 4.50. The first-order valence-electron chi connectivity index (χ1n) is 6.51. The zero-order valence-electron chi connectivity index (χ0n) is 11.8. The molecule has 0 amide bonds. The molecule has 2 aromatic rings. The molecule has 0 unspecified atom stereocenters. The maximum atomic E-state index is 11.8. The van der Waals surface area contributed by atoms with E-state index >= 15 is 0 Å². The molecule has 0 spiro atoms. The van der Waals surface area contributed by atoms with Crippen molar-refractivity contribution in [1.82, 2.24) is 0 Å². The van der Waals surface area contributed by atoms with Gasteiger partial charge in [0, 0.05) is 5.39 Å². The average Bonchev–Trinajstić information content (AvgIpc) is 2.46. The fourth-order valence-electron chi connectivity index (χ4n) is 2.12. The van der Waals surface area contributed by atoms with Crippen LogP contribution in [0.2, 0.25) is 5.02 Å². The van der Waals surface area contributed by atoms with Gasteiger partial charge in [-0.2, -0.15) is 0 Å². The van der Waals surface area contributed by atoms with E-state index in [-0.39, 0.29) is 11.9 Å². The van der Waals surface area contributed by atoms with Crippen LogP contribution in [0.4, 0.5) is 0 Å². The fraction of sp³-hybridized carbons (Fsp3) is 0.312. The van der Waals surface area contributed by atoms with E-state index in [1.807, 2.05) is 37.3 Å². The number of esters is 1. The number of rotatable bonds is 4. The molecule has 0 aliphatic carbocycles. The normalized spacial score (nSPS) is 12.2. The first-order chi connectivity index (χ1) is 9.58. The van der Waals surface area contributed by atoms with Crippen molar-refractivity contribution in [1.29, 1.82) is 0 Å². The Balaban J connectivity index is 2.42. The number of methoxy groups -OCH3 is 1. The third kappa shape index (κ3) is 2.73. The first kappa shape index (κ1) is 14.7. The van der Waals surface area contributed by atoms with Crippen molar-refractivity contribution < 1.29 is 14.3 Å². The standard InChI is InChI=1S/C16H17ClO3/c1-4-20-16(18)10(2)11-5-7-13-12(9-11)6-8-14(19-3)15(13)17/h5-10H,4H2,1-3H3/t10-/m0/s1. The van der Waals surface area contributed by atoms with Gasteiger partial charge in [0.1, 0.15) is 5.75 Å². The van der Waals surface area contributed by atoms with Gasteiger partial charge < -0.3 is 9.47 Å². The predicted molar refractivity (Wildman–Crippen MR) is 80.6 cm³/mol. The van der Waals surface area contributed by atoms with E-state index in [0.717, 1.165) is 16.3 Å². The molecule has 0 saturated carbocycles. The minimum absolute atomic E-state index is 0.216. The minimum atomic E-state index is -0.291. The molecule has 106 valence electrons. The summed E-state index contributed by atoms with van der Waals surface area (Å²) in [6, 6.07) is 9.52. The summed E-state index contributed by atoms with van der Waals surface area (Å²) in [7, 11) is 1.59. The summed E-state index contributed by atoms with van der Waals surface area (Å²) >= 11 is 6.27. The van der Waals surface area contributed by atoms with Gasteiger partial charge in [0.05, 0.1) is 24.7 Å². The predicted octanol–water partition coefficient (Wildman–Crippen LogP) is 4.17. The highest BCUT2D eigenvalue weighted by molar-refractivity contribution is 6.37. The highest BCUT2D eigenvalue weighted by Gasteiger charge is 2.17. The summed E-state index contributed by atoms with van der Waals surface area (Å²) in [5.74, 6) is 0.136. The second-order valence-corrected chi connectivity index (χ2v) is 4.91. The van der Waals surface area contributed by atoms with E-state index in [0.29, 0.717) is 17.4 Å². The van der Waals surface area contributed by atoms with Gasteiger partial charge in [-0.1, -0.05) is 35.9 Å². The third-order valence-electron chi connectivity index (χ3n) is 3.30. The SMILES string of the molecule is CCOC(=O)[C@@H](C)c1ccc2c(Cl)c(OC)ccc2c1. The molecule has 0 saturated heterocycles. The van der Waals surface area contributed by atoms with Crippen LogP contribution in [0.1, 0.15) is 25.3 Å². The first-order valence-corrected chi connectivity index (χ1v) is 6.89. The summed E-state index contributed by atoms with van der Waals surface area (Å²) in [5, 5.41) is 2.47. The Morgan fingerprint density at radius 1 is 1.30 bits per heavy atom. The monoisotopic (exact) mass is 292 g/mol. The van der Waals surface area contributed by atoms with Gasteiger partial charge in [-0.05, 0) is 30.9 Å². The zero-order valence-corrected chi connectivity index (χ0v) is 12.5. The van der Waals surface area contributed by atoms with E-state index in [1.165, 1.54) is 0 Å². The molecule has 2 rings (SSSR count). The second-order valence-electron chi connectivity index (χ2n) is 4.54. The van der Waals surface area contributed by atoms with E-state index in [4.69, 9.17) is 21.1 Å².